The Kier molecular flexibility index (Phi) is 3.36. The zero-order valence-electron chi connectivity index (χ0n) is 10.8. The Morgan fingerprint density at radius 1 is 1.38 bits per heavy atom. The normalized spacial score (nSPS) is 15.0. The van der Waals surface area contributed by atoms with Gasteiger partial charge in [0.25, 0.3) is 11.8 Å². The van der Waals surface area contributed by atoms with Gasteiger partial charge in [0.15, 0.2) is 0 Å². The molecule has 3 rings (SSSR count). The predicted octanol–water partition coefficient (Wildman–Crippen LogP) is 0.873. The number of hydrogen-bond acceptors (Lipinski definition) is 5. The van der Waals surface area contributed by atoms with Crippen LogP contribution in [-0.4, -0.2) is 45.2 Å². The minimum absolute atomic E-state index is 0.0351. The van der Waals surface area contributed by atoms with E-state index in [9.17, 15) is 9.59 Å². The molecule has 0 atom stereocenters. The Labute approximate surface area is 124 Å². The van der Waals surface area contributed by atoms with E-state index < -0.39 is 11.8 Å². The molecule has 2 aromatic rings. The number of aromatic nitrogens is 2. The second-order valence-electron chi connectivity index (χ2n) is 4.49. The summed E-state index contributed by atoms with van der Waals surface area (Å²) in [7, 11) is 0. The molecule has 0 saturated heterocycles. The van der Waals surface area contributed by atoms with Crippen molar-refractivity contribution in [2.45, 2.75) is 0 Å². The summed E-state index contributed by atoms with van der Waals surface area (Å²) < 4.78 is 0. The van der Waals surface area contributed by atoms with Crippen LogP contribution in [0.15, 0.2) is 30.1 Å². The zero-order valence-corrected chi connectivity index (χ0v) is 11.5. The molecule has 3 N–H and O–H groups in total. The average molecular weight is 307 g/mol. The molecule has 2 amide bonds. The van der Waals surface area contributed by atoms with Crippen LogP contribution in [0.3, 0.4) is 0 Å². The van der Waals surface area contributed by atoms with E-state index in [1.807, 2.05) is 0 Å². The minimum atomic E-state index is -0.491. The van der Waals surface area contributed by atoms with E-state index in [1.165, 1.54) is 6.08 Å². The summed E-state index contributed by atoms with van der Waals surface area (Å²) in [5, 5.41) is 19.6. The van der Waals surface area contributed by atoms with E-state index in [0.717, 1.165) is 15.8 Å². The number of carbonyl (C=O) groups is 2. The molecule has 21 heavy (non-hydrogen) atoms. The fraction of sp³-hybridized carbons (Fsp3) is 0.154. The van der Waals surface area contributed by atoms with Gasteiger partial charge in [0.2, 0.25) is 0 Å². The van der Waals surface area contributed by atoms with Crippen LogP contribution in [0, 0.1) is 0 Å². The summed E-state index contributed by atoms with van der Waals surface area (Å²) in [4.78, 5) is 24.7. The molecule has 108 valence electrons. The molecule has 0 aliphatic carbocycles. The standard InChI is InChI=1S/C13H11ClN4O3/c14-8-3-7-6-15-17-9(7)4-10(8)16-11-5-12(20)18(1-2-19)13(11)21/h3-6,16,19H,1-2H2,(H,15,17). The lowest BCUT2D eigenvalue weighted by Crippen LogP contribution is -2.34. The molecular formula is C13H11ClN4O3. The third-order valence-corrected chi connectivity index (χ3v) is 3.44. The summed E-state index contributed by atoms with van der Waals surface area (Å²) in [6, 6.07) is 3.41. The summed E-state index contributed by atoms with van der Waals surface area (Å²) in [6.07, 6.45) is 2.82. The highest BCUT2D eigenvalue weighted by atomic mass is 35.5. The Morgan fingerprint density at radius 3 is 2.95 bits per heavy atom. The number of anilines is 1. The smallest absolute Gasteiger partial charge is 0.277 e. The largest absolute Gasteiger partial charge is 0.395 e. The Balaban J connectivity index is 1.88. The topological polar surface area (TPSA) is 98.3 Å². The number of halogens is 1. The van der Waals surface area contributed by atoms with E-state index in [1.54, 1.807) is 18.3 Å². The van der Waals surface area contributed by atoms with Gasteiger partial charge in [-0.05, 0) is 12.1 Å². The van der Waals surface area contributed by atoms with Crippen LogP contribution in [0.5, 0.6) is 0 Å². The number of hydrogen-bond donors (Lipinski definition) is 3. The Morgan fingerprint density at radius 2 is 2.19 bits per heavy atom. The monoisotopic (exact) mass is 306 g/mol. The number of H-pyrrole nitrogens is 1. The lowest BCUT2D eigenvalue weighted by molar-refractivity contribution is -0.137. The van der Waals surface area contributed by atoms with Gasteiger partial charge < -0.3 is 10.4 Å². The molecule has 1 aliphatic rings. The first-order chi connectivity index (χ1) is 10.1. The van der Waals surface area contributed by atoms with Gasteiger partial charge in [-0.25, -0.2) is 0 Å². The second kappa shape index (κ2) is 5.19. The van der Waals surface area contributed by atoms with Gasteiger partial charge in [0, 0.05) is 11.5 Å². The van der Waals surface area contributed by atoms with Crippen LogP contribution >= 0.6 is 11.6 Å². The maximum atomic E-state index is 12.0. The van der Waals surface area contributed by atoms with Crippen LogP contribution < -0.4 is 5.32 Å². The molecule has 1 aliphatic heterocycles. The average Bonchev–Trinajstić information content (AvgIpc) is 2.99. The van der Waals surface area contributed by atoms with Crippen molar-refractivity contribution in [2.24, 2.45) is 0 Å². The van der Waals surface area contributed by atoms with Crippen molar-refractivity contribution in [3.63, 3.8) is 0 Å². The Bertz CT molecular complexity index is 768. The molecule has 2 heterocycles. The van der Waals surface area contributed by atoms with Gasteiger partial charge in [-0.2, -0.15) is 5.10 Å². The zero-order chi connectivity index (χ0) is 15.0. The van der Waals surface area contributed by atoms with E-state index >= 15 is 0 Å². The number of carbonyl (C=O) groups excluding carboxylic acids is 2. The third kappa shape index (κ3) is 2.37. The number of fused-ring (bicyclic) bond motifs is 1. The minimum Gasteiger partial charge on any atom is -0.395 e. The van der Waals surface area contributed by atoms with Gasteiger partial charge in [0.1, 0.15) is 5.70 Å². The molecule has 0 spiro atoms. The molecule has 1 aromatic carbocycles. The van der Waals surface area contributed by atoms with Crippen LogP contribution in [0.25, 0.3) is 10.9 Å². The van der Waals surface area contributed by atoms with Crippen molar-refractivity contribution in [1.29, 1.82) is 0 Å². The van der Waals surface area contributed by atoms with Crippen molar-refractivity contribution in [1.82, 2.24) is 15.1 Å². The lowest BCUT2D eigenvalue weighted by Gasteiger charge is -2.13. The van der Waals surface area contributed by atoms with Gasteiger partial charge >= 0.3 is 0 Å². The van der Waals surface area contributed by atoms with Crippen LogP contribution in [0.2, 0.25) is 5.02 Å². The van der Waals surface area contributed by atoms with Gasteiger partial charge in [-0.3, -0.25) is 19.6 Å². The molecule has 0 radical (unpaired) electrons. The molecule has 0 fully saturated rings. The molecule has 0 saturated carbocycles. The van der Waals surface area contributed by atoms with Crippen molar-refractivity contribution >= 4 is 40.0 Å². The van der Waals surface area contributed by atoms with Crippen molar-refractivity contribution < 1.29 is 14.7 Å². The maximum Gasteiger partial charge on any atom is 0.277 e. The fourth-order valence-corrected chi connectivity index (χ4v) is 2.33. The highest BCUT2D eigenvalue weighted by Gasteiger charge is 2.30. The number of nitrogens with one attached hydrogen (secondary N) is 2. The summed E-state index contributed by atoms with van der Waals surface area (Å²) in [5.74, 6) is -0.954. The quantitative estimate of drug-likeness (QED) is 0.728. The summed E-state index contributed by atoms with van der Waals surface area (Å²) in [6.45, 7) is -0.313. The number of amides is 2. The predicted molar refractivity (Wildman–Crippen MR) is 76.6 cm³/mol. The number of rotatable bonds is 4. The third-order valence-electron chi connectivity index (χ3n) is 3.13. The molecule has 1 aromatic heterocycles. The molecular weight excluding hydrogens is 296 g/mol. The first kappa shape index (κ1) is 13.6. The van der Waals surface area contributed by atoms with E-state index in [0.29, 0.717) is 10.7 Å². The van der Waals surface area contributed by atoms with E-state index in [2.05, 4.69) is 15.5 Å². The van der Waals surface area contributed by atoms with Crippen molar-refractivity contribution in [3.8, 4) is 0 Å². The number of benzene rings is 1. The van der Waals surface area contributed by atoms with Crippen LogP contribution in [0.4, 0.5) is 5.69 Å². The Hall–Kier alpha value is -2.38. The van der Waals surface area contributed by atoms with Crippen LogP contribution in [0.1, 0.15) is 0 Å². The number of aliphatic hydroxyl groups is 1. The van der Waals surface area contributed by atoms with Gasteiger partial charge in [0.05, 0.1) is 35.6 Å². The molecule has 0 unspecified atom stereocenters. The number of aliphatic hydroxyl groups excluding tert-OH is 1. The highest BCUT2D eigenvalue weighted by Crippen LogP contribution is 2.29. The number of imide groups is 1. The molecule has 8 heteroatoms. The lowest BCUT2D eigenvalue weighted by atomic mass is 10.2. The summed E-state index contributed by atoms with van der Waals surface area (Å²) in [5.41, 5.74) is 1.37. The van der Waals surface area contributed by atoms with Gasteiger partial charge in [-0.1, -0.05) is 11.6 Å². The molecule has 0 bridgehead atoms. The summed E-state index contributed by atoms with van der Waals surface area (Å²) >= 11 is 6.14. The van der Waals surface area contributed by atoms with Gasteiger partial charge in [-0.15, -0.1) is 0 Å². The van der Waals surface area contributed by atoms with E-state index in [4.69, 9.17) is 16.7 Å². The number of aromatic amines is 1. The SMILES string of the molecule is O=C1C=C(Nc2cc3[nH]ncc3cc2Cl)C(=O)N1CCO. The first-order valence-corrected chi connectivity index (χ1v) is 6.56. The first-order valence-electron chi connectivity index (χ1n) is 6.18. The number of β-amino-alcohol motifs (C(OH)–C–C–N with tert-alkyl or cyclic N) is 1. The van der Waals surface area contributed by atoms with Crippen molar-refractivity contribution in [3.05, 3.63) is 35.1 Å². The highest BCUT2D eigenvalue weighted by molar-refractivity contribution is 6.34. The van der Waals surface area contributed by atoms with E-state index in [-0.39, 0.29) is 18.8 Å². The fourth-order valence-electron chi connectivity index (χ4n) is 2.11. The number of nitrogens with zero attached hydrogens (tertiary/aromatic N) is 2. The van der Waals surface area contributed by atoms with Crippen LogP contribution in [-0.2, 0) is 9.59 Å². The second-order valence-corrected chi connectivity index (χ2v) is 4.90. The molecule has 7 nitrogen and oxygen atoms in total. The van der Waals surface area contributed by atoms with Crippen molar-refractivity contribution in [2.75, 3.05) is 18.5 Å². The maximum absolute atomic E-state index is 12.0.